The Balaban J connectivity index is 2.21. The second-order valence-corrected chi connectivity index (χ2v) is 4.70. The first-order valence-electron chi connectivity index (χ1n) is 4.58. The maximum Gasteiger partial charge on any atom is 0.0642 e. The summed E-state index contributed by atoms with van der Waals surface area (Å²) in [7, 11) is 0. The number of hydrogen-bond donors (Lipinski definition) is 1. The highest BCUT2D eigenvalue weighted by molar-refractivity contribution is 9.10. The Kier molecular flexibility index (Phi) is 3.36. The predicted octanol–water partition coefficient (Wildman–Crippen LogP) is 2.57. The summed E-state index contributed by atoms with van der Waals surface area (Å²) in [6.45, 7) is 3.55. The molecule has 1 aliphatic heterocycles. The first-order valence-corrected chi connectivity index (χ1v) is 5.82. The van der Waals surface area contributed by atoms with E-state index in [-0.39, 0.29) is 0 Å². The van der Waals surface area contributed by atoms with Crippen molar-refractivity contribution in [2.45, 2.75) is 4.90 Å². The van der Waals surface area contributed by atoms with Crippen LogP contribution in [0.25, 0.3) is 0 Å². The zero-order chi connectivity index (χ0) is 9.97. The minimum atomic E-state index is 0.814. The fourth-order valence-corrected chi connectivity index (χ4v) is 2.49. The van der Waals surface area contributed by atoms with Gasteiger partial charge in [-0.25, -0.2) is 0 Å². The molecule has 0 N–H and O–H groups in total. The highest BCUT2D eigenvalue weighted by atomic mass is 79.9. The van der Waals surface area contributed by atoms with Gasteiger partial charge in [-0.05, 0) is 18.2 Å². The van der Waals surface area contributed by atoms with Crippen LogP contribution in [0.15, 0.2) is 27.6 Å². The third-order valence-corrected chi connectivity index (χ3v) is 2.96. The van der Waals surface area contributed by atoms with E-state index in [0.717, 1.165) is 35.7 Å². The SMILES string of the molecule is Sc1cc(Br)cc(N2CCOCC2)c1. The minimum absolute atomic E-state index is 0.814. The van der Waals surface area contributed by atoms with E-state index in [1.54, 1.807) is 0 Å². The molecule has 14 heavy (non-hydrogen) atoms. The predicted molar refractivity (Wildman–Crippen MR) is 64.4 cm³/mol. The maximum atomic E-state index is 5.31. The van der Waals surface area contributed by atoms with E-state index in [9.17, 15) is 0 Å². The molecule has 1 saturated heterocycles. The zero-order valence-electron chi connectivity index (χ0n) is 7.74. The fraction of sp³-hybridized carbons (Fsp3) is 0.400. The average molecular weight is 274 g/mol. The smallest absolute Gasteiger partial charge is 0.0642 e. The van der Waals surface area contributed by atoms with Gasteiger partial charge in [0.1, 0.15) is 0 Å². The molecule has 0 radical (unpaired) electrons. The van der Waals surface area contributed by atoms with Crippen molar-refractivity contribution in [2.75, 3.05) is 31.2 Å². The summed E-state index contributed by atoms with van der Waals surface area (Å²) < 4.78 is 6.38. The average Bonchev–Trinajstić information content (AvgIpc) is 2.18. The molecule has 0 atom stereocenters. The van der Waals surface area contributed by atoms with Crippen LogP contribution < -0.4 is 4.90 Å². The molecule has 1 aromatic carbocycles. The maximum absolute atomic E-state index is 5.31. The molecule has 0 spiro atoms. The van der Waals surface area contributed by atoms with Crippen LogP contribution in [0.1, 0.15) is 0 Å². The van der Waals surface area contributed by atoms with Crippen molar-refractivity contribution >= 4 is 34.2 Å². The number of benzene rings is 1. The summed E-state index contributed by atoms with van der Waals surface area (Å²) in [5, 5.41) is 0. The van der Waals surface area contributed by atoms with Gasteiger partial charge < -0.3 is 9.64 Å². The van der Waals surface area contributed by atoms with Crippen molar-refractivity contribution in [3.05, 3.63) is 22.7 Å². The first-order chi connectivity index (χ1) is 6.75. The van der Waals surface area contributed by atoms with E-state index in [2.05, 4.69) is 45.6 Å². The number of thiol groups is 1. The highest BCUT2D eigenvalue weighted by Crippen LogP contribution is 2.25. The topological polar surface area (TPSA) is 12.5 Å². The molecule has 0 saturated carbocycles. The lowest BCUT2D eigenvalue weighted by Gasteiger charge is -2.29. The van der Waals surface area contributed by atoms with Gasteiger partial charge in [0.25, 0.3) is 0 Å². The summed E-state index contributed by atoms with van der Waals surface area (Å²) in [5.41, 5.74) is 1.22. The van der Waals surface area contributed by atoms with Crippen molar-refractivity contribution < 1.29 is 4.74 Å². The summed E-state index contributed by atoms with van der Waals surface area (Å²) in [6.07, 6.45) is 0. The second kappa shape index (κ2) is 4.55. The van der Waals surface area contributed by atoms with Crippen molar-refractivity contribution in [2.24, 2.45) is 0 Å². The van der Waals surface area contributed by atoms with Gasteiger partial charge in [-0.2, -0.15) is 0 Å². The van der Waals surface area contributed by atoms with E-state index in [1.807, 2.05) is 6.07 Å². The Morgan fingerprint density at radius 2 is 1.93 bits per heavy atom. The summed E-state index contributed by atoms with van der Waals surface area (Å²) in [4.78, 5) is 3.30. The molecular weight excluding hydrogens is 262 g/mol. The molecule has 0 aliphatic carbocycles. The number of rotatable bonds is 1. The largest absolute Gasteiger partial charge is 0.378 e. The summed E-state index contributed by atoms with van der Waals surface area (Å²) >= 11 is 7.83. The Hall–Kier alpha value is -0.190. The van der Waals surface area contributed by atoms with Gasteiger partial charge in [0, 0.05) is 28.1 Å². The van der Waals surface area contributed by atoms with Crippen LogP contribution in [0.2, 0.25) is 0 Å². The van der Waals surface area contributed by atoms with Gasteiger partial charge in [0.2, 0.25) is 0 Å². The summed E-state index contributed by atoms with van der Waals surface area (Å²) in [6, 6.07) is 6.19. The molecular formula is C10H12BrNOS. The van der Waals surface area contributed by atoms with Crippen molar-refractivity contribution in [1.29, 1.82) is 0 Å². The number of hydrogen-bond acceptors (Lipinski definition) is 3. The number of ether oxygens (including phenoxy) is 1. The zero-order valence-corrected chi connectivity index (χ0v) is 10.2. The molecule has 1 fully saturated rings. The van der Waals surface area contributed by atoms with Gasteiger partial charge in [0.05, 0.1) is 13.2 Å². The third-order valence-electron chi connectivity index (χ3n) is 2.24. The molecule has 0 unspecified atom stereocenters. The Morgan fingerprint density at radius 1 is 1.21 bits per heavy atom. The first kappa shape index (κ1) is 10.3. The molecule has 0 bridgehead atoms. The van der Waals surface area contributed by atoms with E-state index in [0.29, 0.717) is 0 Å². The van der Waals surface area contributed by atoms with Gasteiger partial charge in [0.15, 0.2) is 0 Å². The summed E-state index contributed by atoms with van der Waals surface area (Å²) in [5.74, 6) is 0. The monoisotopic (exact) mass is 273 g/mol. The van der Waals surface area contributed by atoms with E-state index in [4.69, 9.17) is 4.74 Å². The number of anilines is 1. The van der Waals surface area contributed by atoms with Gasteiger partial charge in [-0.1, -0.05) is 15.9 Å². The van der Waals surface area contributed by atoms with Crippen LogP contribution in [-0.4, -0.2) is 26.3 Å². The molecule has 0 aromatic heterocycles. The van der Waals surface area contributed by atoms with Crippen LogP contribution in [0.4, 0.5) is 5.69 Å². The lowest BCUT2D eigenvalue weighted by Crippen LogP contribution is -2.36. The Bertz CT molecular complexity index is 306. The fourth-order valence-electron chi connectivity index (χ4n) is 1.56. The van der Waals surface area contributed by atoms with Crippen LogP contribution in [0.3, 0.4) is 0 Å². The quantitative estimate of drug-likeness (QED) is 0.790. The molecule has 2 nitrogen and oxygen atoms in total. The molecule has 0 amide bonds. The van der Waals surface area contributed by atoms with Gasteiger partial charge >= 0.3 is 0 Å². The normalized spacial score (nSPS) is 17.1. The van der Waals surface area contributed by atoms with Gasteiger partial charge in [-0.15, -0.1) is 12.6 Å². The van der Waals surface area contributed by atoms with E-state index >= 15 is 0 Å². The van der Waals surface area contributed by atoms with E-state index < -0.39 is 0 Å². The van der Waals surface area contributed by atoms with Crippen molar-refractivity contribution in [1.82, 2.24) is 0 Å². The lowest BCUT2D eigenvalue weighted by atomic mass is 10.2. The minimum Gasteiger partial charge on any atom is -0.378 e. The number of nitrogens with zero attached hydrogens (tertiary/aromatic N) is 1. The molecule has 2 rings (SSSR count). The third kappa shape index (κ3) is 2.43. The molecule has 4 heteroatoms. The van der Waals surface area contributed by atoms with Crippen LogP contribution in [0, 0.1) is 0 Å². The molecule has 1 aromatic rings. The van der Waals surface area contributed by atoms with Crippen LogP contribution in [-0.2, 0) is 4.74 Å². The van der Waals surface area contributed by atoms with E-state index in [1.165, 1.54) is 5.69 Å². The molecule has 76 valence electrons. The lowest BCUT2D eigenvalue weighted by molar-refractivity contribution is 0.122. The van der Waals surface area contributed by atoms with Crippen molar-refractivity contribution in [3.63, 3.8) is 0 Å². The van der Waals surface area contributed by atoms with Crippen LogP contribution in [0.5, 0.6) is 0 Å². The standard InChI is InChI=1S/C10H12BrNOS/c11-8-5-9(7-10(14)6-8)12-1-3-13-4-2-12/h5-7,14H,1-4H2. The van der Waals surface area contributed by atoms with Gasteiger partial charge in [-0.3, -0.25) is 0 Å². The number of morpholine rings is 1. The second-order valence-electron chi connectivity index (χ2n) is 3.27. The Morgan fingerprint density at radius 3 is 2.57 bits per heavy atom. The molecule has 1 heterocycles. The van der Waals surface area contributed by atoms with Crippen molar-refractivity contribution in [3.8, 4) is 0 Å². The number of halogens is 1. The Labute approximate surface area is 97.8 Å². The van der Waals surface area contributed by atoms with Crippen LogP contribution >= 0.6 is 28.6 Å². The molecule has 1 aliphatic rings. The highest BCUT2D eigenvalue weighted by Gasteiger charge is 2.11.